The Hall–Kier alpha value is -2.00. The number of sulfonamides is 1. The van der Waals surface area contributed by atoms with Gasteiger partial charge in [0.25, 0.3) is 15.9 Å². The van der Waals surface area contributed by atoms with Crippen LogP contribution >= 0.6 is 15.9 Å². The molecule has 22 heavy (non-hydrogen) atoms. The van der Waals surface area contributed by atoms with E-state index in [1.807, 2.05) is 0 Å². The maximum atomic E-state index is 13.8. The summed E-state index contributed by atoms with van der Waals surface area (Å²) in [5.74, 6) is -3.05. The second-order valence-corrected chi connectivity index (χ2v) is 6.69. The monoisotopic (exact) mass is 390 g/mol. The Balaban J connectivity index is 2.53. The molecule has 3 N–H and O–H groups in total. The first kappa shape index (κ1) is 16.4. The van der Waals surface area contributed by atoms with Crippen molar-refractivity contribution in [2.45, 2.75) is 4.90 Å². The van der Waals surface area contributed by atoms with Crippen LogP contribution in [-0.4, -0.2) is 14.3 Å². The van der Waals surface area contributed by atoms with Crippen molar-refractivity contribution in [3.05, 3.63) is 58.1 Å². The number of anilines is 1. The zero-order chi connectivity index (χ0) is 16.5. The second-order valence-electron chi connectivity index (χ2n) is 4.21. The van der Waals surface area contributed by atoms with Crippen molar-refractivity contribution in [2.75, 3.05) is 4.72 Å². The maximum absolute atomic E-state index is 13.8. The van der Waals surface area contributed by atoms with E-state index in [1.54, 1.807) is 0 Å². The number of rotatable bonds is 4. The molecule has 9 heteroatoms. The predicted octanol–water partition coefficient (Wildman–Crippen LogP) is 2.63. The Morgan fingerprint density at radius 1 is 1.18 bits per heavy atom. The number of carbonyl (C=O) groups is 1. The second kappa shape index (κ2) is 6.01. The van der Waals surface area contributed by atoms with E-state index in [2.05, 4.69) is 20.7 Å². The van der Waals surface area contributed by atoms with Crippen LogP contribution in [-0.2, 0) is 10.0 Å². The molecule has 5 nitrogen and oxygen atoms in total. The molecule has 0 saturated heterocycles. The summed E-state index contributed by atoms with van der Waals surface area (Å²) in [7, 11) is -4.39. The van der Waals surface area contributed by atoms with Crippen LogP contribution in [0.2, 0.25) is 0 Å². The average molecular weight is 391 g/mol. The first-order valence-electron chi connectivity index (χ1n) is 5.78. The summed E-state index contributed by atoms with van der Waals surface area (Å²) in [4.78, 5) is 10.5. The number of amides is 1. The number of para-hydroxylation sites is 1. The minimum atomic E-state index is -4.39. The van der Waals surface area contributed by atoms with Crippen LogP contribution in [0.5, 0.6) is 0 Å². The molecule has 0 unspecified atom stereocenters. The fourth-order valence-corrected chi connectivity index (χ4v) is 4.02. The van der Waals surface area contributed by atoms with Crippen LogP contribution in [0, 0.1) is 11.6 Å². The summed E-state index contributed by atoms with van der Waals surface area (Å²) in [5, 5.41) is 0. The first-order chi connectivity index (χ1) is 10.2. The van der Waals surface area contributed by atoms with Crippen molar-refractivity contribution in [3.63, 3.8) is 0 Å². The number of halogens is 3. The van der Waals surface area contributed by atoms with Gasteiger partial charge in [0, 0.05) is 10.5 Å². The highest BCUT2D eigenvalue weighted by Crippen LogP contribution is 2.28. The molecular formula is C13H9BrF2N2O3S. The quantitative estimate of drug-likeness (QED) is 0.840. The lowest BCUT2D eigenvalue weighted by molar-refractivity contribution is 0.100. The van der Waals surface area contributed by atoms with Crippen LogP contribution in [0.1, 0.15) is 10.4 Å². The SMILES string of the molecule is NC(=O)c1ccccc1NS(=O)(=O)c1c(F)cc(F)cc1Br. The lowest BCUT2D eigenvalue weighted by Gasteiger charge is -2.12. The molecule has 0 aliphatic carbocycles. The molecule has 1 amide bonds. The number of nitrogens with one attached hydrogen (secondary N) is 1. The molecular weight excluding hydrogens is 382 g/mol. The Bertz CT molecular complexity index is 833. The smallest absolute Gasteiger partial charge is 0.265 e. The third-order valence-electron chi connectivity index (χ3n) is 2.67. The summed E-state index contributed by atoms with van der Waals surface area (Å²) >= 11 is 2.80. The van der Waals surface area contributed by atoms with Gasteiger partial charge in [0.1, 0.15) is 16.5 Å². The van der Waals surface area contributed by atoms with Gasteiger partial charge in [-0.15, -0.1) is 0 Å². The summed E-state index contributed by atoms with van der Waals surface area (Å²) in [6.07, 6.45) is 0. The van der Waals surface area contributed by atoms with E-state index in [0.717, 1.165) is 6.07 Å². The topological polar surface area (TPSA) is 89.3 Å². The molecule has 0 saturated carbocycles. The summed E-state index contributed by atoms with van der Waals surface area (Å²) in [6.45, 7) is 0. The molecule has 0 atom stereocenters. The third-order valence-corrected chi connectivity index (χ3v) is 5.00. The van der Waals surface area contributed by atoms with Gasteiger partial charge in [-0.25, -0.2) is 17.2 Å². The number of hydrogen-bond acceptors (Lipinski definition) is 3. The van der Waals surface area contributed by atoms with Crippen molar-refractivity contribution < 1.29 is 22.0 Å². The summed E-state index contributed by atoms with van der Waals surface area (Å²) in [6, 6.07) is 6.84. The molecule has 0 heterocycles. The predicted molar refractivity (Wildman–Crippen MR) is 79.8 cm³/mol. The van der Waals surface area contributed by atoms with E-state index in [-0.39, 0.29) is 15.7 Å². The molecule has 2 rings (SSSR count). The number of nitrogens with two attached hydrogens (primary N) is 1. The number of hydrogen-bond donors (Lipinski definition) is 2. The van der Waals surface area contributed by atoms with Crippen molar-refractivity contribution >= 4 is 37.5 Å². The van der Waals surface area contributed by atoms with Gasteiger partial charge in [-0.1, -0.05) is 12.1 Å². The highest BCUT2D eigenvalue weighted by atomic mass is 79.9. The molecule has 0 aliphatic rings. The van der Waals surface area contributed by atoms with Crippen molar-refractivity contribution in [3.8, 4) is 0 Å². The number of benzene rings is 2. The van der Waals surface area contributed by atoms with Gasteiger partial charge < -0.3 is 5.73 Å². The fourth-order valence-electron chi connectivity index (χ4n) is 1.77. The minimum Gasteiger partial charge on any atom is -0.366 e. The molecule has 0 fully saturated rings. The summed E-state index contributed by atoms with van der Waals surface area (Å²) in [5.41, 5.74) is 4.96. The van der Waals surface area contributed by atoms with Crippen molar-refractivity contribution in [1.82, 2.24) is 0 Å². The largest absolute Gasteiger partial charge is 0.366 e. The van der Waals surface area contributed by atoms with Crippen LogP contribution in [0.25, 0.3) is 0 Å². The van der Waals surface area contributed by atoms with E-state index in [1.165, 1.54) is 24.3 Å². The van der Waals surface area contributed by atoms with Crippen LogP contribution in [0.4, 0.5) is 14.5 Å². The van der Waals surface area contributed by atoms with Crippen LogP contribution in [0.15, 0.2) is 45.8 Å². The zero-order valence-electron chi connectivity index (χ0n) is 10.8. The Morgan fingerprint density at radius 2 is 1.82 bits per heavy atom. The van der Waals surface area contributed by atoms with Gasteiger partial charge >= 0.3 is 0 Å². The maximum Gasteiger partial charge on any atom is 0.265 e. The van der Waals surface area contributed by atoms with Crippen molar-refractivity contribution in [2.24, 2.45) is 5.73 Å². The standard InChI is InChI=1S/C13H9BrF2N2O3S/c14-9-5-7(15)6-10(16)12(9)22(20,21)18-11-4-2-1-3-8(11)13(17)19/h1-6,18H,(H2,17,19). The zero-order valence-corrected chi connectivity index (χ0v) is 13.2. The highest BCUT2D eigenvalue weighted by Gasteiger charge is 2.25. The van der Waals surface area contributed by atoms with Crippen LogP contribution < -0.4 is 10.5 Å². The van der Waals surface area contributed by atoms with E-state index >= 15 is 0 Å². The molecule has 0 aliphatic heterocycles. The Labute approximate surface area is 133 Å². The molecule has 0 spiro atoms. The molecule has 0 bridgehead atoms. The van der Waals surface area contributed by atoms with E-state index < -0.39 is 32.5 Å². The first-order valence-corrected chi connectivity index (χ1v) is 8.06. The minimum absolute atomic E-state index is 0.0790. The normalized spacial score (nSPS) is 11.2. The van der Waals surface area contributed by atoms with Gasteiger partial charge in [0.15, 0.2) is 0 Å². The van der Waals surface area contributed by atoms with Gasteiger partial charge in [-0.2, -0.15) is 0 Å². The van der Waals surface area contributed by atoms with E-state index in [0.29, 0.717) is 6.07 Å². The van der Waals surface area contributed by atoms with Gasteiger partial charge in [-0.3, -0.25) is 9.52 Å². The highest BCUT2D eigenvalue weighted by molar-refractivity contribution is 9.10. The number of primary amides is 1. The van der Waals surface area contributed by atoms with E-state index in [9.17, 15) is 22.0 Å². The van der Waals surface area contributed by atoms with Gasteiger partial charge in [-0.05, 0) is 34.1 Å². The van der Waals surface area contributed by atoms with E-state index in [4.69, 9.17) is 5.73 Å². The number of carbonyl (C=O) groups excluding carboxylic acids is 1. The lowest BCUT2D eigenvalue weighted by atomic mass is 10.2. The Kier molecular flexibility index (Phi) is 4.47. The van der Waals surface area contributed by atoms with Crippen LogP contribution in [0.3, 0.4) is 0 Å². The molecule has 2 aromatic carbocycles. The molecule has 2 aromatic rings. The molecule has 116 valence electrons. The van der Waals surface area contributed by atoms with Crippen molar-refractivity contribution in [1.29, 1.82) is 0 Å². The third kappa shape index (κ3) is 3.25. The Morgan fingerprint density at radius 3 is 2.41 bits per heavy atom. The molecule has 0 radical (unpaired) electrons. The van der Waals surface area contributed by atoms with Gasteiger partial charge in [0.2, 0.25) is 0 Å². The lowest BCUT2D eigenvalue weighted by Crippen LogP contribution is -2.19. The fraction of sp³-hybridized carbons (Fsp3) is 0. The van der Waals surface area contributed by atoms with Gasteiger partial charge in [0.05, 0.1) is 11.3 Å². The summed E-state index contributed by atoms with van der Waals surface area (Å²) < 4.78 is 53.2. The molecule has 0 aromatic heterocycles. The average Bonchev–Trinajstić information content (AvgIpc) is 2.36.